The Hall–Kier alpha value is -1.86. The molecule has 22 heavy (non-hydrogen) atoms. The molecule has 0 radical (unpaired) electrons. The number of halogens is 1. The molecule has 1 aromatic carbocycles. The average molecular weight is 366 g/mol. The van der Waals surface area contributed by atoms with Crippen molar-refractivity contribution in [3.05, 3.63) is 45.6 Å². The lowest BCUT2D eigenvalue weighted by Crippen LogP contribution is -2.44. The SMILES string of the molecule is C[C@@H](O)CN1CC2=C(C1=O)[C@@H](c1ccc(Br)cc1)NC(=O)N2. The van der Waals surface area contributed by atoms with Gasteiger partial charge >= 0.3 is 6.03 Å². The van der Waals surface area contributed by atoms with E-state index in [1.165, 1.54) is 0 Å². The molecule has 0 unspecified atom stereocenters. The summed E-state index contributed by atoms with van der Waals surface area (Å²) in [5.74, 6) is -0.156. The number of β-amino-alcohol motifs (C(OH)–C–C–N with tert-alkyl or cyclic N) is 1. The molecule has 3 N–H and O–H groups in total. The molecule has 3 amide bonds. The van der Waals surface area contributed by atoms with E-state index in [2.05, 4.69) is 26.6 Å². The molecule has 0 fully saturated rings. The number of hydrogen-bond acceptors (Lipinski definition) is 3. The number of benzene rings is 1. The standard InChI is InChI=1S/C15H16BrN3O3/c1-8(20)6-19-7-11-12(14(19)21)13(18-15(22)17-11)9-2-4-10(16)5-3-9/h2-5,8,13,20H,6-7H2,1H3,(H2,17,18,22)/t8-,13-/m1/s1. The molecule has 0 aliphatic carbocycles. The third kappa shape index (κ3) is 2.74. The highest BCUT2D eigenvalue weighted by molar-refractivity contribution is 9.10. The molecule has 2 aliphatic heterocycles. The number of carbonyl (C=O) groups excluding carboxylic acids is 2. The molecule has 0 saturated heterocycles. The highest BCUT2D eigenvalue weighted by Gasteiger charge is 2.40. The number of aliphatic hydroxyl groups is 1. The van der Waals surface area contributed by atoms with Crippen LogP contribution in [0.15, 0.2) is 40.0 Å². The van der Waals surface area contributed by atoms with Gasteiger partial charge in [-0.15, -0.1) is 0 Å². The first-order valence-corrected chi connectivity index (χ1v) is 7.78. The van der Waals surface area contributed by atoms with Gasteiger partial charge in [0, 0.05) is 11.0 Å². The largest absolute Gasteiger partial charge is 0.392 e. The Balaban J connectivity index is 1.94. The summed E-state index contributed by atoms with van der Waals surface area (Å²) in [7, 11) is 0. The van der Waals surface area contributed by atoms with Crippen LogP contribution in [0.4, 0.5) is 4.79 Å². The fraction of sp³-hybridized carbons (Fsp3) is 0.333. The molecule has 7 heteroatoms. The maximum Gasteiger partial charge on any atom is 0.319 e. The van der Waals surface area contributed by atoms with Crippen LogP contribution in [0.25, 0.3) is 0 Å². The Morgan fingerprint density at radius 1 is 1.36 bits per heavy atom. The van der Waals surface area contributed by atoms with Gasteiger partial charge in [-0.25, -0.2) is 4.79 Å². The minimum Gasteiger partial charge on any atom is -0.392 e. The van der Waals surface area contributed by atoms with Crippen molar-refractivity contribution < 1.29 is 14.7 Å². The summed E-state index contributed by atoms with van der Waals surface area (Å²) in [6.07, 6.45) is -0.611. The van der Waals surface area contributed by atoms with Crippen molar-refractivity contribution in [2.24, 2.45) is 0 Å². The Morgan fingerprint density at radius 3 is 2.68 bits per heavy atom. The predicted octanol–water partition coefficient (Wildman–Crippen LogP) is 1.28. The van der Waals surface area contributed by atoms with E-state index in [0.717, 1.165) is 10.0 Å². The van der Waals surface area contributed by atoms with Gasteiger partial charge in [0.25, 0.3) is 5.91 Å². The zero-order chi connectivity index (χ0) is 15.9. The van der Waals surface area contributed by atoms with Crippen LogP contribution >= 0.6 is 15.9 Å². The number of nitrogens with zero attached hydrogens (tertiary/aromatic N) is 1. The molecule has 6 nitrogen and oxygen atoms in total. The van der Waals surface area contributed by atoms with E-state index in [0.29, 0.717) is 17.8 Å². The lowest BCUT2D eigenvalue weighted by atomic mass is 9.96. The second kappa shape index (κ2) is 5.73. The maximum absolute atomic E-state index is 12.6. The summed E-state index contributed by atoms with van der Waals surface area (Å²) in [5, 5.41) is 15.0. The van der Waals surface area contributed by atoms with Gasteiger partial charge in [-0.3, -0.25) is 4.79 Å². The van der Waals surface area contributed by atoms with Gasteiger partial charge < -0.3 is 20.6 Å². The molecule has 116 valence electrons. The van der Waals surface area contributed by atoms with Crippen LogP contribution in [0, 0.1) is 0 Å². The molecule has 2 atom stereocenters. The van der Waals surface area contributed by atoms with E-state index < -0.39 is 12.1 Å². The first kappa shape index (κ1) is 15.1. The summed E-state index contributed by atoms with van der Waals surface area (Å²) in [4.78, 5) is 26.0. The first-order chi connectivity index (χ1) is 10.5. The van der Waals surface area contributed by atoms with E-state index in [-0.39, 0.29) is 18.5 Å². The number of carbonyl (C=O) groups is 2. The fourth-order valence-corrected chi connectivity index (χ4v) is 3.06. The lowest BCUT2D eigenvalue weighted by molar-refractivity contribution is -0.126. The number of rotatable bonds is 3. The summed E-state index contributed by atoms with van der Waals surface area (Å²) in [5.41, 5.74) is 2.00. The van der Waals surface area contributed by atoms with Crippen molar-refractivity contribution in [2.75, 3.05) is 13.1 Å². The molecule has 1 aromatic rings. The van der Waals surface area contributed by atoms with Gasteiger partial charge in [0.1, 0.15) is 0 Å². The summed E-state index contributed by atoms with van der Waals surface area (Å²) in [6, 6.07) is 6.69. The smallest absolute Gasteiger partial charge is 0.319 e. The number of nitrogens with one attached hydrogen (secondary N) is 2. The highest BCUT2D eigenvalue weighted by Crippen LogP contribution is 2.32. The topological polar surface area (TPSA) is 81.7 Å². The number of urea groups is 1. The van der Waals surface area contributed by atoms with Crippen molar-refractivity contribution in [1.29, 1.82) is 0 Å². The second-order valence-corrected chi connectivity index (χ2v) is 6.43. The second-order valence-electron chi connectivity index (χ2n) is 5.51. The Bertz CT molecular complexity index is 655. The van der Waals surface area contributed by atoms with Gasteiger partial charge in [-0.1, -0.05) is 28.1 Å². The summed E-state index contributed by atoms with van der Waals surface area (Å²) < 4.78 is 0.930. The maximum atomic E-state index is 12.6. The van der Waals surface area contributed by atoms with Crippen LogP contribution in [0.2, 0.25) is 0 Å². The van der Waals surface area contributed by atoms with E-state index in [1.807, 2.05) is 24.3 Å². The third-order valence-corrected chi connectivity index (χ3v) is 4.24. The van der Waals surface area contributed by atoms with Crippen molar-refractivity contribution in [2.45, 2.75) is 19.1 Å². The quantitative estimate of drug-likeness (QED) is 0.754. The van der Waals surface area contributed by atoms with Gasteiger partial charge in [0.15, 0.2) is 0 Å². The van der Waals surface area contributed by atoms with E-state index in [9.17, 15) is 14.7 Å². The summed E-state index contributed by atoms with van der Waals surface area (Å²) in [6.45, 7) is 2.20. The molecule has 0 bridgehead atoms. The van der Waals surface area contributed by atoms with Crippen molar-refractivity contribution >= 4 is 27.9 Å². The van der Waals surface area contributed by atoms with Gasteiger partial charge in [-0.05, 0) is 24.6 Å². The molecule has 0 saturated carbocycles. The highest BCUT2D eigenvalue weighted by atomic mass is 79.9. The Kier molecular flexibility index (Phi) is 3.92. The first-order valence-electron chi connectivity index (χ1n) is 6.99. The molecule has 0 aromatic heterocycles. The molecule has 0 spiro atoms. The number of hydrogen-bond donors (Lipinski definition) is 3. The normalized spacial score (nSPS) is 22.3. The van der Waals surface area contributed by atoms with Crippen LogP contribution < -0.4 is 10.6 Å². The average Bonchev–Trinajstić information content (AvgIpc) is 2.74. The Morgan fingerprint density at radius 2 is 2.05 bits per heavy atom. The monoisotopic (exact) mass is 365 g/mol. The van der Waals surface area contributed by atoms with Crippen LogP contribution in [-0.4, -0.2) is 41.1 Å². The minimum atomic E-state index is -0.611. The van der Waals surface area contributed by atoms with Crippen LogP contribution in [0.5, 0.6) is 0 Å². The van der Waals surface area contributed by atoms with E-state index in [4.69, 9.17) is 0 Å². The molecule has 3 rings (SSSR count). The zero-order valence-corrected chi connectivity index (χ0v) is 13.6. The number of aliphatic hydroxyl groups excluding tert-OH is 1. The van der Waals surface area contributed by atoms with Crippen LogP contribution in [0.3, 0.4) is 0 Å². The van der Waals surface area contributed by atoms with Gasteiger partial charge in [0.2, 0.25) is 0 Å². The van der Waals surface area contributed by atoms with Crippen molar-refractivity contribution in [3.63, 3.8) is 0 Å². The molecule has 2 heterocycles. The van der Waals surface area contributed by atoms with Gasteiger partial charge in [0.05, 0.1) is 30.0 Å². The van der Waals surface area contributed by atoms with Crippen molar-refractivity contribution in [1.82, 2.24) is 15.5 Å². The molecular weight excluding hydrogens is 350 g/mol. The van der Waals surface area contributed by atoms with E-state index >= 15 is 0 Å². The van der Waals surface area contributed by atoms with Crippen LogP contribution in [0.1, 0.15) is 18.5 Å². The van der Waals surface area contributed by atoms with Crippen molar-refractivity contribution in [3.8, 4) is 0 Å². The zero-order valence-electron chi connectivity index (χ0n) is 12.0. The third-order valence-electron chi connectivity index (χ3n) is 3.71. The predicted molar refractivity (Wildman–Crippen MR) is 83.8 cm³/mol. The lowest BCUT2D eigenvalue weighted by Gasteiger charge is -2.25. The minimum absolute atomic E-state index is 0.156. The van der Waals surface area contributed by atoms with Crippen LogP contribution in [-0.2, 0) is 4.79 Å². The Labute approximate surface area is 136 Å². The molecule has 2 aliphatic rings. The van der Waals surface area contributed by atoms with Gasteiger partial charge in [-0.2, -0.15) is 0 Å². The van der Waals surface area contributed by atoms with E-state index in [1.54, 1.807) is 11.8 Å². The fourth-order valence-electron chi connectivity index (χ4n) is 2.80. The summed E-state index contributed by atoms with van der Waals surface area (Å²) >= 11 is 3.37. The number of amides is 3. The molecular formula is C15H16BrN3O3.